The van der Waals surface area contributed by atoms with Gasteiger partial charge in [0.15, 0.2) is 0 Å². The largest absolute Gasteiger partial charge is 2.00 e. The summed E-state index contributed by atoms with van der Waals surface area (Å²) in [7, 11) is 0. The summed E-state index contributed by atoms with van der Waals surface area (Å²) in [5.41, 5.74) is -0.194. The maximum Gasteiger partial charge on any atom is 2.00 e. The summed E-state index contributed by atoms with van der Waals surface area (Å²) in [5.74, 6) is -0.177. The van der Waals surface area contributed by atoms with E-state index in [9.17, 15) is 20.2 Å². The number of phenolic OH excluding ortho intramolecular Hbond substituents is 2. The average Bonchev–Trinajstić information content (AvgIpc) is 3.47. The van der Waals surface area contributed by atoms with Gasteiger partial charge in [-0.3, -0.25) is 32.4 Å². The summed E-state index contributed by atoms with van der Waals surface area (Å²) in [4.78, 5) is 19.0. The molecule has 2 aliphatic carbocycles. The molecule has 0 spiro atoms. The average molecular weight is 500 g/mol. The van der Waals surface area contributed by atoms with E-state index in [1.165, 1.54) is 36.4 Å². The quantitative estimate of drug-likeness (QED) is 0.332. The van der Waals surface area contributed by atoms with Crippen molar-refractivity contribution in [2.75, 3.05) is 0 Å². The zero-order valence-electron chi connectivity index (χ0n) is 16.4. The first-order chi connectivity index (χ1) is 14.4. The molecule has 8 nitrogen and oxygen atoms in total. The van der Waals surface area contributed by atoms with Crippen LogP contribution in [-0.4, -0.2) is 20.1 Å². The standard InChI is InChI=1S/2C6H5NO3.2C5H5.Zr/c2*8-6-3-1-2-5(4-6)7(9)10;2*1-2-4-5-3-1;/h2*1-4,8H;2*1-3H,4H2;/q;;2*-1;+2. The van der Waals surface area contributed by atoms with Crippen LogP contribution in [0.4, 0.5) is 11.4 Å². The third kappa shape index (κ3) is 13.5. The van der Waals surface area contributed by atoms with Crippen molar-refractivity contribution in [3.05, 3.63) is 117 Å². The summed E-state index contributed by atoms with van der Waals surface area (Å²) in [5, 5.41) is 37.6. The van der Waals surface area contributed by atoms with Gasteiger partial charge in [-0.25, -0.2) is 24.3 Å². The number of nitro groups is 2. The maximum atomic E-state index is 10.0. The van der Waals surface area contributed by atoms with Gasteiger partial charge < -0.3 is 10.2 Å². The van der Waals surface area contributed by atoms with Gasteiger partial charge in [0.1, 0.15) is 11.5 Å². The first-order valence-corrected chi connectivity index (χ1v) is 8.70. The summed E-state index contributed by atoms with van der Waals surface area (Å²) in [6.07, 6.45) is 20.0. The molecule has 0 atom stereocenters. The van der Waals surface area contributed by atoms with Crippen LogP contribution in [0.3, 0.4) is 0 Å². The molecule has 0 saturated heterocycles. The molecule has 0 aromatic heterocycles. The van der Waals surface area contributed by atoms with E-state index in [0.29, 0.717) is 0 Å². The zero-order valence-corrected chi connectivity index (χ0v) is 18.9. The molecule has 0 saturated carbocycles. The Morgan fingerprint density at radius 2 is 1.13 bits per heavy atom. The Balaban J connectivity index is 0.000000401. The van der Waals surface area contributed by atoms with Crippen LogP contribution in [0.25, 0.3) is 0 Å². The first-order valence-electron chi connectivity index (χ1n) is 8.70. The van der Waals surface area contributed by atoms with Crippen LogP contribution in [0.15, 0.2) is 85.0 Å². The fourth-order valence-electron chi connectivity index (χ4n) is 1.89. The normalized spacial score (nSPS) is 11.6. The van der Waals surface area contributed by atoms with Crippen LogP contribution in [0, 0.1) is 32.4 Å². The van der Waals surface area contributed by atoms with Crippen molar-refractivity contribution in [3.63, 3.8) is 0 Å². The fraction of sp³-hybridized carbons (Fsp3) is 0.0909. The van der Waals surface area contributed by atoms with Gasteiger partial charge in [0.25, 0.3) is 11.4 Å². The van der Waals surface area contributed by atoms with E-state index in [1.54, 1.807) is 0 Å². The van der Waals surface area contributed by atoms with E-state index < -0.39 is 9.85 Å². The minimum atomic E-state index is -0.556. The second kappa shape index (κ2) is 16.5. The SMILES string of the molecule is O=[N+]([O-])c1cccc(O)c1.O=[N+]([O-])c1cccc(O)c1.[C-]1=CC=CC1.[C-]1=CC=CC1.[Zr+2]. The number of hydrogen-bond acceptors (Lipinski definition) is 6. The Labute approximate surface area is 199 Å². The van der Waals surface area contributed by atoms with Gasteiger partial charge >= 0.3 is 26.2 Å². The molecule has 0 radical (unpaired) electrons. The minimum absolute atomic E-state index is 0. The molecule has 0 heterocycles. The molecule has 0 bridgehead atoms. The van der Waals surface area contributed by atoms with E-state index in [0.717, 1.165) is 25.0 Å². The number of non-ortho nitro benzene ring substituents is 2. The molecule has 9 heteroatoms. The number of nitro benzene ring substituents is 2. The monoisotopic (exact) mass is 498 g/mol. The predicted molar refractivity (Wildman–Crippen MR) is 113 cm³/mol. The first kappa shape index (κ1) is 27.7. The number of benzene rings is 2. The molecule has 31 heavy (non-hydrogen) atoms. The third-order valence-electron chi connectivity index (χ3n) is 3.25. The number of hydrogen-bond donors (Lipinski definition) is 2. The molecule has 0 aliphatic heterocycles. The van der Waals surface area contributed by atoms with Crippen molar-refractivity contribution in [2.45, 2.75) is 12.8 Å². The van der Waals surface area contributed by atoms with Crippen LogP contribution in [0.1, 0.15) is 12.8 Å². The second-order valence-electron chi connectivity index (χ2n) is 5.56. The summed E-state index contributed by atoms with van der Waals surface area (Å²) >= 11 is 0. The summed E-state index contributed by atoms with van der Waals surface area (Å²) in [6, 6.07) is 10.4. The van der Waals surface area contributed by atoms with Gasteiger partial charge in [-0.2, -0.15) is 12.2 Å². The van der Waals surface area contributed by atoms with Crippen molar-refractivity contribution in [2.24, 2.45) is 0 Å². The molecule has 0 amide bonds. The molecule has 0 unspecified atom stereocenters. The van der Waals surface area contributed by atoms with E-state index in [1.807, 2.05) is 24.3 Å². The molecule has 158 valence electrons. The Hall–Kier alpha value is -3.32. The van der Waals surface area contributed by atoms with E-state index in [2.05, 4.69) is 24.3 Å². The zero-order chi connectivity index (χ0) is 22.2. The predicted octanol–water partition coefficient (Wildman–Crippen LogP) is 5.21. The smallest absolute Gasteiger partial charge is 0.508 e. The topological polar surface area (TPSA) is 127 Å². The van der Waals surface area contributed by atoms with E-state index >= 15 is 0 Å². The molecule has 2 aliphatic rings. The van der Waals surface area contributed by atoms with Gasteiger partial charge in [0.05, 0.1) is 22.0 Å². The summed E-state index contributed by atoms with van der Waals surface area (Å²) < 4.78 is 0. The van der Waals surface area contributed by atoms with Gasteiger partial charge in [0, 0.05) is 12.1 Å². The van der Waals surface area contributed by atoms with Crippen molar-refractivity contribution in [3.8, 4) is 11.5 Å². The number of nitrogens with zero attached hydrogens (tertiary/aromatic N) is 2. The van der Waals surface area contributed by atoms with Crippen LogP contribution in [-0.2, 0) is 26.2 Å². The molecule has 2 aromatic rings. The Morgan fingerprint density at radius 3 is 1.29 bits per heavy atom. The maximum absolute atomic E-state index is 10.0. The van der Waals surface area contributed by atoms with Crippen molar-refractivity contribution in [1.29, 1.82) is 0 Å². The number of allylic oxidation sites excluding steroid dienone is 8. The number of phenols is 2. The van der Waals surface area contributed by atoms with Gasteiger partial charge in [0.2, 0.25) is 0 Å². The Morgan fingerprint density at radius 1 is 0.742 bits per heavy atom. The van der Waals surface area contributed by atoms with Crippen LogP contribution >= 0.6 is 0 Å². The van der Waals surface area contributed by atoms with E-state index in [4.69, 9.17) is 10.2 Å². The van der Waals surface area contributed by atoms with Crippen LogP contribution in [0.2, 0.25) is 0 Å². The van der Waals surface area contributed by atoms with E-state index in [-0.39, 0.29) is 49.1 Å². The molecule has 2 aromatic carbocycles. The summed E-state index contributed by atoms with van der Waals surface area (Å²) in [6.45, 7) is 0. The van der Waals surface area contributed by atoms with Crippen LogP contribution < -0.4 is 0 Å². The van der Waals surface area contributed by atoms with Gasteiger partial charge in [-0.1, -0.05) is 12.1 Å². The second-order valence-corrected chi connectivity index (χ2v) is 5.56. The Bertz CT molecular complexity index is 857. The van der Waals surface area contributed by atoms with Gasteiger partial charge in [-0.05, 0) is 12.1 Å². The molecular formula is C22H20N2O6Zr. The fourth-order valence-corrected chi connectivity index (χ4v) is 1.89. The van der Waals surface area contributed by atoms with Gasteiger partial charge in [-0.15, -0.1) is 12.8 Å². The minimum Gasteiger partial charge on any atom is -0.508 e. The molecule has 0 fully saturated rings. The van der Waals surface area contributed by atoms with Crippen molar-refractivity contribution in [1.82, 2.24) is 0 Å². The molecular weight excluding hydrogens is 479 g/mol. The molecule has 2 N–H and O–H groups in total. The number of rotatable bonds is 2. The van der Waals surface area contributed by atoms with Crippen LogP contribution in [0.5, 0.6) is 11.5 Å². The number of aromatic hydroxyl groups is 2. The van der Waals surface area contributed by atoms with Crippen molar-refractivity contribution >= 4 is 11.4 Å². The van der Waals surface area contributed by atoms with Crippen molar-refractivity contribution < 1.29 is 46.3 Å². The third-order valence-corrected chi connectivity index (χ3v) is 3.25. The molecule has 4 rings (SSSR count). The Kier molecular flexibility index (Phi) is 14.7.